The molecule has 4 aromatic rings. The highest BCUT2D eigenvalue weighted by atomic mass is 16.5. The third kappa shape index (κ3) is 4.39. The average Bonchev–Trinajstić information content (AvgIpc) is 3.51. The van der Waals surface area contributed by atoms with Crippen LogP contribution in [0.25, 0.3) is 16.9 Å². The maximum atomic E-state index is 13.3. The molecule has 0 aliphatic heterocycles. The Labute approximate surface area is 186 Å². The first-order chi connectivity index (χ1) is 15.8. The normalized spacial score (nSPS) is 13.8. The number of para-hydroxylation sites is 1. The van der Waals surface area contributed by atoms with Gasteiger partial charge < -0.3 is 10.1 Å². The number of anilines is 1. The lowest BCUT2D eigenvalue weighted by Crippen LogP contribution is -2.13. The van der Waals surface area contributed by atoms with Gasteiger partial charge in [-0.15, -0.1) is 0 Å². The van der Waals surface area contributed by atoms with Crippen LogP contribution in [0.2, 0.25) is 0 Å². The number of aromatic nitrogens is 3. The zero-order chi connectivity index (χ0) is 21.8. The summed E-state index contributed by atoms with van der Waals surface area (Å²) in [5.74, 6) is 0.547. The second-order valence-corrected chi connectivity index (χ2v) is 7.92. The van der Waals surface area contributed by atoms with E-state index in [1.807, 2.05) is 66.7 Å². The lowest BCUT2D eigenvalue weighted by Gasteiger charge is -2.14. The van der Waals surface area contributed by atoms with Crippen LogP contribution in [0.15, 0.2) is 85.3 Å². The maximum Gasteiger partial charge on any atom is 0.259 e. The fourth-order valence-corrected chi connectivity index (χ4v) is 4.01. The molecule has 1 aliphatic carbocycles. The minimum absolute atomic E-state index is 0.232. The second-order valence-electron chi connectivity index (χ2n) is 7.92. The molecular weight excluding hydrogens is 400 g/mol. The molecule has 32 heavy (non-hydrogen) atoms. The highest BCUT2D eigenvalue weighted by Gasteiger charge is 2.20. The number of nitrogens with one attached hydrogen (secondary N) is 1. The molecule has 0 atom stereocenters. The first-order valence-corrected chi connectivity index (χ1v) is 10.9. The van der Waals surface area contributed by atoms with Gasteiger partial charge in [0.05, 0.1) is 17.4 Å². The molecule has 2 heterocycles. The molecule has 5 rings (SSSR count). The van der Waals surface area contributed by atoms with Gasteiger partial charge in [-0.05, 0) is 62.1 Å². The van der Waals surface area contributed by atoms with Crippen LogP contribution < -0.4 is 10.1 Å². The van der Waals surface area contributed by atoms with Crippen molar-refractivity contribution in [3.63, 3.8) is 0 Å². The Bertz CT molecular complexity index is 1200. The molecule has 6 heteroatoms. The number of amides is 1. The van der Waals surface area contributed by atoms with Gasteiger partial charge in [0.2, 0.25) is 0 Å². The Hall–Kier alpha value is -3.93. The Morgan fingerprint density at radius 2 is 1.84 bits per heavy atom. The summed E-state index contributed by atoms with van der Waals surface area (Å²) in [6.07, 6.45) is 10.0. The molecule has 1 saturated carbocycles. The van der Waals surface area contributed by atoms with Gasteiger partial charge >= 0.3 is 0 Å². The molecule has 0 spiro atoms. The summed E-state index contributed by atoms with van der Waals surface area (Å²) in [4.78, 5) is 17.5. The summed E-state index contributed by atoms with van der Waals surface area (Å²) in [6.45, 7) is 0. The van der Waals surface area contributed by atoms with E-state index in [1.54, 1.807) is 23.3 Å². The first kappa shape index (κ1) is 20.0. The van der Waals surface area contributed by atoms with Crippen molar-refractivity contribution in [2.45, 2.75) is 31.8 Å². The average molecular weight is 425 g/mol. The Morgan fingerprint density at radius 3 is 2.62 bits per heavy atom. The van der Waals surface area contributed by atoms with E-state index in [2.05, 4.69) is 10.3 Å². The van der Waals surface area contributed by atoms with Gasteiger partial charge in [-0.2, -0.15) is 5.10 Å². The van der Waals surface area contributed by atoms with Gasteiger partial charge in [-0.25, -0.2) is 4.68 Å². The summed E-state index contributed by atoms with van der Waals surface area (Å²) in [5.41, 5.74) is 3.41. The highest BCUT2D eigenvalue weighted by Crippen LogP contribution is 2.27. The quantitative estimate of drug-likeness (QED) is 0.443. The largest absolute Gasteiger partial charge is 0.490 e. The molecule has 2 aromatic carbocycles. The SMILES string of the molecule is O=C(Nc1cccc(OC2CCCC2)c1)c1cn(-c2ccccc2)nc1-c1cccnc1. The van der Waals surface area contributed by atoms with E-state index in [0.717, 1.165) is 29.8 Å². The number of pyridine rings is 1. The lowest BCUT2D eigenvalue weighted by molar-refractivity contribution is 0.102. The lowest BCUT2D eigenvalue weighted by atomic mass is 10.1. The summed E-state index contributed by atoms with van der Waals surface area (Å²) >= 11 is 0. The minimum atomic E-state index is -0.232. The van der Waals surface area contributed by atoms with E-state index in [1.165, 1.54) is 12.8 Å². The molecule has 160 valence electrons. The summed E-state index contributed by atoms with van der Waals surface area (Å²) in [7, 11) is 0. The first-order valence-electron chi connectivity index (χ1n) is 10.9. The van der Waals surface area contributed by atoms with Gasteiger partial charge in [0.15, 0.2) is 0 Å². The standard InChI is InChI=1S/C26H24N4O2/c31-26(28-20-9-6-14-23(16-20)32-22-12-4-5-13-22)24-18-30(21-10-2-1-3-11-21)29-25(24)19-8-7-15-27-17-19/h1-3,6-11,14-18,22H,4-5,12-13H2,(H,28,31). The van der Waals surface area contributed by atoms with Crippen molar-refractivity contribution in [2.75, 3.05) is 5.32 Å². The predicted octanol–water partition coefficient (Wildman–Crippen LogP) is 5.51. The van der Waals surface area contributed by atoms with Gasteiger partial charge in [0, 0.05) is 35.9 Å². The number of carbonyl (C=O) groups excluding carboxylic acids is 1. The maximum absolute atomic E-state index is 13.3. The number of rotatable bonds is 6. The smallest absolute Gasteiger partial charge is 0.259 e. The highest BCUT2D eigenvalue weighted by molar-refractivity contribution is 6.08. The zero-order valence-electron chi connectivity index (χ0n) is 17.6. The summed E-state index contributed by atoms with van der Waals surface area (Å²) in [5, 5.41) is 7.70. The predicted molar refractivity (Wildman–Crippen MR) is 124 cm³/mol. The number of carbonyl (C=O) groups is 1. The van der Waals surface area contributed by atoms with Crippen LogP contribution >= 0.6 is 0 Å². The van der Waals surface area contributed by atoms with Gasteiger partial charge in [-0.1, -0.05) is 24.3 Å². The van der Waals surface area contributed by atoms with Gasteiger partial charge in [0.25, 0.3) is 5.91 Å². The van der Waals surface area contributed by atoms with E-state index >= 15 is 0 Å². The van der Waals surface area contributed by atoms with E-state index < -0.39 is 0 Å². The third-order valence-electron chi connectivity index (χ3n) is 5.61. The molecule has 1 N–H and O–H groups in total. The van der Waals surface area contributed by atoms with Crippen molar-refractivity contribution in [2.24, 2.45) is 0 Å². The summed E-state index contributed by atoms with van der Waals surface area (Å²) < 4.78 is 7.80. The second kappa shape index (κ2) is 9.06. The molecule has 6 nitrogen and oxygen atoms in total. The van der Waals surface area contributed by atoms with Crippen LogP contribution in [-0.2, 0) is 0 Å². The number of hydrogen-bond donors (Lipinski definition) is 1. The molecule has 1 aliphatic rings. The molecule has 2 aromatic heterocycles. The van der Waals surface area contributed by atoms with Crippen molar-refractivity contribution in [3.05, 3.63) is 90.9 Å². The minimum Gasteiger partial charge on any atom is -0.490 e. The zero-order valence-corrected chi connectivity index (χ0v) is 17.6. The van der Waals surface area contributed by atoms with Crippen LogP contribution in [0.4, 0.5) is 5.69 Å². The van der Waals surface area contributed by atoms with Gasteiger partial charge in [-0.3, -0.25) is 9.78 Å². The molecular formula is C26H24N4O2. The molecule has 1 amide bonds. The topological polar surface area (TPSA) is 69.0 Å². The molecule has 0 saturated heterocycles. The van der Waals surface area contributed by atoms with Crippen molar-refractivity contribution in [1.82, 2.24) is 14.8 Å². The van der Waals surface area contributed by atoms with Crippen molar-refractivity contribution < 1.29 is 9.53 Å². The number of hydrogen-bond acceptors (Lipinski definition) is 4. The van der Waals surface area contributed by atoms with E-state index in [0.29, 0.717) is 16.9 Å². The fourth-order valence-electron chi connectivity index (χ4n) is 4.01. The van der Waals surface area contributed by atoms with Crippen molar-refractivity contribution in [3.8, 4) is 22.7 Å². The Kier molecular flexibility index (Phi) is 5.66. The van der Waals surface area contributed by atoms with Gasteiger partial charge in [0.1, 0.15) is 11.4 Å². The number of benzene rings is 2. The van der Waals surface area contributed by atoms with E-state index in [-0.39, 0.29) is 12.0 Å². The molecule has 0 unspecified atom stereocenters. The molecule has 0 radical (unpaired) electrons. The van der Waals surface area contributed by atoms with Crippen molar-refractivity contribution in [1.29, 1.82) is 0 Å². The van der Waals surface area contributed by atoms with Crippen LogP contribution in [0, 0.1) is 0 Å². The molecule has 1 fully saturated rings. The van der Waals surface area contributed by atoms with E-state index in [9.17, 15) is 4.79 Å². The molecule has 0 bridgehead atoms. The van der Waals surface area contributed by atoms with Crippen LogP contribution in [-0.4, -0.2) is 26.8 Å². The third-order valence-corrected chi connectivity index (χ3v) is 5.61. The Morgan fingerprint density at radius 1 is 1.00 bits per heavy atom. The monoisotopic (exact) mass is 424 g/mol. The van der Waals surface area contributed by atoms with Crippen LogP contribution in [0.1, 0.15) is 36.0 Å². The summed E-state index contributed by atoms with van der Waals surface area (Å²) in [6, 6.07) is 21.0. The van der Waals surface area contributed by atoms with Crippen LogP contribution in [0.3, 0.4) is 0 Å². The fraction of sp³-hybridized carbons (Fsp3) is 0.192. The van der Waals surface area contributed by atoms with Crippen molar-refractivity contribution >= 4 is 11.6 Å². The number of ether oxygens (including phenoxy) is 1. The van der Waals surface area contributed by atoms with E-state index in [4.69, 9.17) is 9.84 Å². The van der Waals surface area contributed by atoms with Crippen LogP contribution in [0.5, 0.6) is 5.75 Å². The Balaban J connectivity index is 1.43. The number of nitrogens with zero attached hydrogens (tertiary/aromatic N) is 3.